The molecule has 0 fully saturated rings. The first-order valence-corrected chi connectivity index (χ1v) is 8.30. The molecule has 0 aliphatic rings. The number of aromatic nitrogens is 2. The van der Waals surface area contributed by atoms with Crippen LogP contribution >= 0.6 is 0 Å². The van der Waals surface area contributed by atoms with E-state index in [0.717, 1.165) is 5.56 Å². The number of carbonyl (C=O) groups is 1. The summed E-state index contributed by atoms with van der Waals surface area (Å²) in [6.45, 7) is 0.533. The number of nitrogens with zero attached hydrogens (tertiary/aromatic N) is 2. The van der Waals surface area contributed by atoms with Crippen LogP contribution in [-0.2, 0) is 13.2 Å². The van der Waals surface area contributed by atoms with Crippen LogP contribution in [0.5, 0.6) is 11.5 Å². The highest BCUT2D eigenvalue weighted by Crippen LogP contribution is 2.26. The molecular weight excluding hydrogens is 346 g/mol. The largest absolute Gasteiger partial charge is 0.493 e. The summed E-state index contributed by atoms with van der Waals surface area (Å²) in [4.78, 5) is 19.8. The highest BCUT2D eigenvalue weighted by Gasteiger charge is 2.14. The second-order valence-corrected chi connectivity index (χ2v) is 5.63. The van der Waals surface area contributed by atoms with Crippen LogP contribution in [0, 0.1) is 0 Å². The minimum Gasteiger partial charge on any atom is -0.493 e. The third-order valence-electron chi connectivity index (χ3n) is 3.80. The predicted molar refractivity (Wildman–Crippen MR) is 100 cm³/mol. The van der Waals surface area contributed by atoms with Gasteiger partial charge in [-0.1, -0.05) is 42.5 Å². The third kappa shape index (κ3) is 4.72. The fraction of sp³-hybridized carbons (Fsp3) is 0.150. The van der Waals surface area contributed by atoms with Gasteiger partial charge in [-0.25, -0.2) is 14.8 Å². The molecule has 0 spiro atoms. The number of rotatable bonds is 8. The minimum absolute atomic E-state index is 0.00646. The van der Waals surface area contributed by atoms with Gasteiger partial charge in [0.2, 0.25) is 0 Å². The number of carboxylic acid groups (broad SMARTS) is 1. The molecule has 0 atom stereocenters. The number of anilines is 1. The SMILES string of the molecule is COc1ccccc1OCc1ncc(C(=O)O)c(NCc2ccccc2)n1. The fourth-order valence-electron chi connectivity index (χ4n) is 2.44. The topological polar surface area (TPSA) is 93.6 Å². The number of para-hydroxylation sites is 2. The summed E-state index contributed by atoms with van der Waals surface area (Å²) in [7, 11) is 1.56. The summed E-state index contributed by atoms with van der Waals surface area (Å²) in [5, 5.41) is 12.4. The van der Waals surface area contributed by atoms with Crippen molar-refractivity contribution in [2.45, 2.75) is 13.2 Å². The van der Waals surface area contributed by atoms with Gasteiger partial charge in [0.1, 0.15) is 18.0 Å². The van der Waals surface area contributed by atoms with Crippen LogP contribution < -0.4 is 14.8 Å². The van der Waals surface area contributed by atoms with E-state index >= 15 is 0 Å². The Balaban J connectivity index is 1.75. The molecule has 2 N–H and O–H groups in total. The minimum atomic E-state index is -1.09. The van der Waals surface area contributed by atoms with Crippen molar-refractivity contribution in [2.24, 2.45) is 0 Å². The van der Waals surface area contributed by atoms with E-state index in [0.29, 0.717) is 23.9 Å². The Hall–Kier alpha value is -3.61. The Kier molecular flexibility index (Phi) is 5.84. The average Bonchev–Trinajstić information content (AvgIpc) is 2.71. The first kappa shape index (κ1) is 18.2. The van der Waals surface area contributed by atoms with E-state index in [1.54, 1.807) is 19.2 Å². The van der Waals surface area contributed by atoms with Crippen molar-refractivity contribution in [3.05, 3.63) is 77.7 Å². The van der Waals surface area contributed by atoms with Gasteiger partial charge in [0.15, 0.2) is 17.3 Å². The number of aromatic carboxylic acids is 1. The molecule has 27 heavy (non-hydrogen) atoms. The maximum atomic E-state index is 11.4. The molecule has 1 heterocycles. The van der Waals surface area contributed by atoms with Gasteiger partial charge >= 0.3 is 5.97 Å². The lowest BCUT2D eigenvalue weighted by Crippen LogP contribution is -2.12. The molecule has 3 aromatic rings. The summed E-state index contributed by atoms with van der Waals surface area (Å²) in [5.74, 6) is 0.677. The lowest BCUT2D eigenvalue weighted by molar-refractivity contribution is 0.0697. The lowest BCUT2D eigenvalue weighted by Gasteiger charge is -2.12. The molecule has 3 rings (SSSR count). The monoisotopic (exact) mass is 365 g/mol. The number of ether oxygens (including phenoxy) is 2. The lowest BCUT2D eigenvalue weighted by atomic mass is 10.2. The number of nitrogens with one attached hydrogen (secondary N) is 1. The Morgan fingerprint density at radius 1 is 1.07 bits per heavy atom. The standard InChI is InChI=1S/C20H19N3O4/c1-26-16-9-5-6-10-17(16)27-13-18-21-12-15(20(24)25)19(23-18)22-11-14-7-3-2-4-8-14/h2-10,12H,11,13H2,1H3,(H,24,25)(H,21,22,23). The molecule has 7 nitrogen and oxygen atoms in total. The van der Waals surface area contributed by atoms with Crippen molar-refractivity contribution in [1.82, 2.24) is 9.97 Å². The molecular formula is C20H19N3O4. The van der Waals surface area contributed by atoms with Crippen LogP contribution in [0.25, 0.3) is 0 Å². The summed E-state index contributed by atoms with van der Waals surface area (Å²) in [5.41, 5.74) is 1.02. The molecule has 0 saturated carbocycles. The Bertz CT molecular complexity index is 916. The Morgan fingerprint density at radius 3 is 2.48 bits per heavy atom. The van der Waals surface area contributed by atoms with Crippen LogP contribution in [0.2, 0.25) is 0 Å². The van der Waals surface area contributed by atoms with Crippen LogP contribution in [0.3, 0.4) is 0 Å². The van der Waals surface area contributed by atoms with Gasteiger partial charge in [-0.2, -0.15) is 0 Å². The van der Waals surface area contributed by atoms with Gasteiger partial charge in [-0.3, -0.25) is 0 Å². The zero-order valence-electron chi connectivity index (χ0n) is 14.8. The number of hydrogen-bond donors (Lipinski definition) is 2. The molecule has 138 valence electrons. The summed E-state index contributed by atoms with van der Waals surface area (Å²) < 4.78 is 10.9. The van der Waals surface area contributed by atoms with E-state index in [9.17, 15) is 9.90 Å². The van der Waals surface area contributed by atoms with Crippen molar-refractivity contribution < 1.29 is 19.4 Å². The quantitative estimate of drug-likeness (QED) is 0.632. The molecule has 0 aliphatic carbocycles. The van der Waals surface area contributed by atoms with Gasteiger partial charge in [-0.05, 0) is 17.7 Å². The molecule has 1 aromatic heterocycles. The third-order valence-corrected chi connectivity index (χ3v) is 3.80. The molecule has 0 amide bonds. The highest BCUT2D eigenvalue weighted by molar-refractivity contribution is 5.92. The second kappa shape index (κ2) is 8.66. The molecule has 0 saturated heterocycles. The van der Waals surface area contributed by atoms with E-state index in [-0.39, 0.29) is 18.0 Å². The van der Waals surface area contributed by atoms with Crippen LogP contribution in [-0.4, -0.2) is 28.2 Å². The number of hydrogen-bond acceptors (Lipinski definition) is 6. The zero-order valence-corrected chi connectivity index (χ0v) is 14.8. The fourth-order valence-corrected chi connectivity index (χ4v) is 2.44. The predicted octanol–water partition coefficient (Wildman–Crippen LogP) is 3.37. The average molecular weight is 365 g/mol. The summed E-state index contributed by atoms with van der Waals surface area (Å²) in [6.07, 6.45) is 1.28. The van der Waals surface area contributed by atoms with Crippen LogP contribution in [0.15, 0.2) is 60.8 Å². The summed E-state index contributed by atoms with van der Waals surface area (Å²) >= 11 is 0. The van der Waals surface area contributed by atoms with Crippen LogP contribution in [0.4, 0.5) is 5.82 Å². The van der Waals surface area contributed by atoms with Crippen LogP contribution in [0.1, 0.15) is 21.7 Å². The highest BCUT2D eigenvalue weighted by atomic mass is 16.5. The molecule has 0 aliphatic heterocycles. The van der Waals surface area contributed by atoms with Gasteiger partial charge in [0.05, 0.1) is 7.11 Å². The van der Waals surface area contributed by atoms with E-state index in [1.807, 2.05) is 42.5 Å². The molecule has 2 aromatic carbocycles. The van der Waals surface area contributed by atoms with Crippen molar-refractivity contribution in [3.8, 4) is 11.5 Å². The Morgan fingerprint density at radius 2 is 1.78 bits per heavy atom. The van der Waals surface area contributed by atoms with Crippen molar-refractivity contribution >= 4 is 11.8 Å². The van der Waals surface area contributed by atoms with E-state index < -0.39 is 5.97 Å². The molecule has 7 heteroatoms. The second-order valence-electron chi connectivity index (χ2n) is 5.63. The smallest absolute Gasteiger partial charge is 0.341 e. The van der Waals surface area contributed by atoms with Crippen molar-refractivity contribution in [2.75, 3.05) is 12.4 Å². The maximum Gasteiger partial charge on any atom is 0.341 e. The van der Waals surface area contributed by atoms with E-state index in [1.165, 1.54) is 6.20 Å². The summed E-state index contributed by atoms with van der Waals surface area (Å²) in [6, 6.07) is 16.9. The van der Waals surface area contributed by atoms with Gasteiger partial charge in [0, 0.05) is 12.7 Å². The first-order chi connectivity index (χ1) is 13.2. The van der Waals surface area contributed by atoms with E-state index in [2.05, 4.69) is 15.3 Å². The zero-order chi connectivity index (χ0) is 19.1. The number of benzene rings is 2. The molecule has 0 bridgehead atoms. The van der Waals surface area contributed by atoms with Crippen molar-refractivity contribution in [1.29, 1.82) is 0 Å². The number of methoxy groups -OCH3 is 1. The first-order valence-electron chi connectivity index (χ1n) is 8.30. The normalized spacial score (nSPS) is 10.3. The number of carboxylic acids is 1. The Labute approximate surface area is 156 Å². The maximum absolute atomic E-state index is 11.4. The molecule has 0 unspecified atom stereocenters. The van der Waals surface area contributed by atoms with Gasteiger partial charge < -0.3 is 19.9 Å². The van der Waals surface area contributed by atoms with E-state index in [4.69, 9.17) is 9.47 Å². The van der Waals surface area contributed by atoms with Gasteiger partial charge in [0.25, 0.3) is 0 Å². The molecule has 0 radical (unpaired) electrons. The van der Waals surface area contributed by atoms with Gasteiger partial charge in [-0.15, -0.1) is 0 Å². The van der Waals surface area contributed by atoms with Crippen molar-refractivity contribution in [3.63, 3.8) is 0 Å².